The molecule has 28 heavy (non-hydrogen) atoms. The number of amides is 2. The molecule has 7 nitrogen and oxygen atoms in total. The van der Waals surface area contributed by atoms with Gasteiger partial charge in [0.25, 0.3) is 0 Å². The van der Waals surface area contributed by atoms with Crippen molar-refractivity contribution in [1.82, 2.24) is 9.97 Å². The van der Waals surface area contributed by atoms with E-state index in [0.29, 0.717) is 35.8 Å². The van der Waals surface area contributed by atoms with Crippen molar-refractivity contribution in [3.63, 3.8) is 0 Å². The maximum absolute atomic E-state index is 12.2. The summed E-state index contributed by atoms with van der Waals surface area (Å²) in [6, 6.07) is 9.17. The van der Waals surface area contributed by atoms with Crippen LogP contribution in [0.15, 0.2) is 53.4 Å². The molecule has 0 saturated heterocycles. The summed E-state index contributed by atoms with van der Waals surface area (Å²) in [4.78, 5) is 32.8. The lowest BCUT2D eigenvalue weighted by Gasteiger charge is -2.26. The maximum atomic E-state index is 12.2. The largest absolute Gasteiger partial charge is 0.461 e. The zero-order valence-electron chi connectivity index (χ0n) is 15.4. The number of hydrogen-bond acceptors (Lipinski definition) is 5. The summed E-state index contributed by atoms with van der Waals surface area (Å²) in [6.07, 6.45) is 6.60. The van der Waals surface area contributed by atoms with Crippen LogP contribution in [-0.4, -0.2) is 21.8 Å². The molecular formula is C21H20N4O3. The quantitative estimate of drug-likeness (QED) is 0.703. The molecule has 1 aliphatic rings. The van der Waals surface area contributed by atoms with E-state index in [1.165, 1.54) is 0 Å². The number of carbonyl (C=O) groups is 2. The van der Waals surface area contributed by atoms with Gasteiger partial charge < -0.3 is 15.1 Å². The first-order valence-corrected chi connectivity index (χ1v) is 9.23. The molecule has 2 amide bonds. The molecule has 0 aliphatic carbocycles. The van der Waals surface area contributed by atoms with E-state index in [1.807, 2.05) is 19.1 Å². The third-order valence-electron chi connectivity index (χ3n) is 4.67. The van der Waals surface area contributed by atoms with Crippen LogP contribution in [-0.2, 0) is 9.59 Å². The van der Waals surface area contributed by atoms with Crippen LogP contribution in [0.3, 0.4) is 0 Å². The predicted molar refractivity (Wildman–Crippen MR) is 105 cm³/mol. The Labute approximate surface area is 162 Å². The van der Waals surface area contributed by atoms with Gasteiger partial charge in [-0.2, -0.15) is 0 Å². The Bertz CT molecular complexity index is 997. The van der Waals surface area contributed by atoms with Gasteiger partial charge in [-0.05, 0) is 41.8 Å². The number of anilines is 2. The Hall–Kier alpha value is -3.48. The van der Waals surface area contributed by atoms with E-state index in [0.717, 1.165) is 17.5 Å². The first kappa shape index (κ1) is 17.9. The van der Waals surface area contributed by atoms with Crippen LogP contribution in [0.2, 0.25) is 0 Å². The van der Waals surface area contributed by atoms with Crippen LogP contribution < -0.4 is 10.6 Å². The molecule has 4 rings (SSSR count). The van der Waals surface area contributed by atoms with Crippen molar-refractivity contribution in [3.05, 3.63) is 60.1 Å². The second-order valence-corrected chi connectivity index (χ2v) is 6.72. The van der Waals surface area contributed by atoms with Crippen molar-refractivity contribution >= 4 is 23.2 Å². The van der Waals surface area contributed by atoms with E-state index >= 15 is 0 Å². The van der Waals surface area contributed by atoms with Gasteiger partial charge in [0.05, 0.1) is 6.26 Å². The minimum absolute atomic E-state index is 0.0388. The molecule has 1 aromatic carbocycles. The Morgan fingerprint density at radius 2 is 2.11 bits per heavy atom. The third-order valence-corrected chi connectivity index (χ3v) is 4.67. The number of carbonyl (C=O) groups excluding carboxylic acids is 2. The van der Waals surface area contributed by atoms with E-state index in [9.17, 15) is 9.59 Å². The summed E-state index contributed by atoms with van der Waals surface area (Å²) in [5.41, 5.74) is 3.20. The average Bonchev–Trinajstić information content (AvgIpc) is 3.22. The van der Waals surface area contributed by atoms with Crippen molar-refractivity contribution in [3.8, 4) is 11.6 Å². The Balaban J connectivity index is 1.61. The fourth-order valence-corrected chi connectivity index (χ4v) is 3.34. The second-order valence-electron chi connectivity index (χ2n) is 6.72. The van der Waals surface area contributed by atoms with Gasteiger partial charge in [-0.15, -0.1) is 0 Å². The van der Waals surface area contributed by atoms with Crippen molar-refractivity contribution in [2.75, 3.05) is 10.6 Å². The Kier molecular flexibility index (Phi) is 4.89. The van der Waals surface area contributed by atoms with Crippen LogP contribution >= 0.6 is 0 Å². The molecule has 0 fully saturated rings. The number of fused-ring (bicyclic) bond motifs is 1. The van der Waals surface area contributed by atoms with Gasteiger partial charge in [-0.1, -0.05) is 13.0 Å². The van der Waals surface area contributed by atoms with Gasteiger partial charge in [0.1, 0.15) is 0 Å². The normalized spacial score (nSPS) is 15.6. The predicted octanol–water partition coefficient (Wildman–Crippen LogP) is 3.95. The molecule has 0 radical (unpaired) electrons. The van der Waals surface area contributed by atoms with Crippen molar-refractivity contribution in [2.24, 2.45) is 0 Å². The summed E-state index contributed by atoms with van der Waals surface area (Å²) in [5.74, 6) is 0.839. The molecule has 7 heteroatoms. The Morgan fingerprint density at radius 3 is 2.82 bits per heavy atom. The van der Waals surface area contributed by atoms with Crippen LogP contribution in [0, 0.1) is 0 Å². The molecule has 0 bridgehead atoms. The minimum atomic E-state index is -0.144. The number of rotatable bonds is 5. The number of furan rings is 1. The van der Waals surface area contributed by atoms with Crippen molar-refractivity contribution in [2.45, 2.75) is 32.1 Å². The highest BCUT2D eigenvalue weighted by Gasteiger charge is 2.27. The topological polar surface area (TPSA) is 97.1 Å². The summed E-state index contributed by atoms with van der Waals surface area (Å²) in [6.45, 7) is 1.95. The van der Waals surface area contributed by atoms with Crippen LogP contribution in [0.5, 0.6) is 0 Å². The summed E-state index contributed by atoms with van der Waals surface area (Å²) in [5, 5.41) is 5.75. The molecular weight excluding hydrogens is 356 g/mol. The fraction of sp³-hybridized carbons (Fsp3) is 0.238. The van der Waals surface area contributed by atoms with Gasteiger partial charge in [-0.25, -0.2) is 9.97 Å². The van der Waals surface area contributed by atoms with Gasteiger partial charge >= 0.3 is 0 Å². The van der Waals surface area contributed by atoms with Gasteiger partial charge in [0.15, 0.2) is 11.6 Å². The van der Waals surface area contributed by atoms with Crippen molar-refractivity contribution < 1.29 is 14.0 Å². The maximum Gasteiger partial charge on any atom is 0.225 e. The molecule has 142 valence electrons. The zero-order valence-corrected chi connectivity index (χ0v) is 15.4. The van der Waals surface area contributed by atoms with E-state index in [4.69, 9.17) is 4.42 Å². The summed E-state index contributed by atoms with van der Waals surface area (Å²) >= 11 is 0. The standard InChI is InChI=1S/C21H20N4O3/c1-2-4-19(26)24-14-6-7-15-16(10-20(27)25-17(15)9-14)13-11-22-21(23-12-13)18-5-3-8-28-18/h3,5-9,11-12,16H,2,4,10H2,1H3,(H,24,26)(H,25,27). The summed E-state index contributed by atoms with van der Waals surface area (Å²) in [7, 11) is 0. The van der Waals surface area contributed by atoms with Crippen molar-refractivity contribution in [1.29, 1.82) is 0 Å². The molecule has 1 aliphatic heterocycles. The van der Waals surface area contributed by atoms with Crippen LogP contribution in [0.25, 0.3) is 11.6 Å². The van der Waals surface area contributed by atoms with Gasteiger partial charge in [0.2, 0.25) is 11.8 Å². The minimum Gasteiger partial charge on any atom is -0.461 e. The molecule has 1 unspecified atom stereocenters. The molecule has 2 N–H and O–H groups in total. The number of aromatic nitrogens is 2. The highest BCUT2D eigenvalue weighted by Crippen LogP contribution is 2.38. The SMILES string of the molecule is CCCC(=O)Nc1ccc2c(c1)NC(=O)CC2c1cnc(-c2ccco2)nc1. The smallest absolute Gasteiger partial charge is 0.225 e. The highest BCUT2D eigenvalue weighted by atomic mass is 16.3. The Morgan fingerprint density at radius 1 is 1.29 bits per heavy atom. The molecule has 3 aromatic rings. The fourth-order valence-electron chi connectivity index (χ4n) is 3.34. The number of nitrogens with zero attached hydrogens (tertiary/aromatic N) is 2. The third kappa shape index (κ3) is 3.64. The first-order valence-electron chi connectivity index (χ1n) is 9.23. The lowest BCUT2D eigenvalue weighted by atomic mass is 9.86. The zero-order chi connectivity index (χ0) is 19.5. The number of benzene rings is 1. The summed E-state index contributed by atoms with van der Waals surface area (Å²) < 4.78 is 5.32. The first-order chi connectivity index (χ1) is 13.6. The molecule has 0 spiro atoms. The van der Waals surface area contributed by atoms with Gasteiger partial charge in [-0.3, -0.25) is 9.59 Å². The molecule has 3 heterocycles. The highest BCUT2D eigenvalue weighted by molar-refractivity contribution is 5.97. The van der Waals surface area contributed by atoms with E-state index in [-0.39, 0.29) is 17.7 Å². The van der Waals surface area contributed by atoms with E-state index in [1.54, 1.807) is 36.9 Å². The second kappa shape index (κ2) is 7.64. The lowest BCUT2D eigenvalue weighted by Crippen LogP contribution is -2.24. The monoisotopic (exact) mass is 376 g/mol. The number of hydrogen-bond donors (Lipinski definition) is 2. The van der Waals surface area contributed by atoms with Crippen LogP contribution in [0.1, 0.15) is 43.2 Å². The van der Waals surface area contributed by atoms with E-state index in [2.05, 4.69) is 20.6 Å². The molecule has 0 saturated carbocycles. The average molecular weight is 376 g/mol. The molecule has 2 aromatic heterocycles. The molecule has 1 atom stereocenters. The lowest BCUT2D eigenvalue weighted by molar-refractivity contribution is -0.117. The van der Waals surface area contributed by atoms with E-state index < -0.39 is 0 Å². The van der Waals surface area contributed by atoms with Crippen LogP contribution in [0.4, 0.5) is 11.4 Å². The van der Waals surface area contributed by atoms with Gasteiger partial charge in [0, 0.05) is 42.5 Å². The number of nitrogens with one attached hydrogen (secondary N) is 2.